The van der Waals surface area contributed by atoms with E-state index in [4.69, 9.17) is 0 Å². The highest BCUT2D eigenvalue weighted by Gasteiger charge is 2.19. The molecule has 1 saturated heterocycles. The Morgan fingerprint density at radius 1 is 1.23 bits per heavy atom. The Morgan fingerprint density at radius 3 is 2.64 bits per heavy atom. The smallest absolute Gasteiger partial charge is 0.251 e. The van der Waals surface area contributed by atoms with Crippen molar-refractivity contribution in [1.82, 2.24) is 14.9 Å². The van der Waals surface area contributed by atoms with E-state index in [2.05, 4.69) is 19.8 Å². The van der Waals surface area contributed by atoms with Gasteiger partial charge in [0.05, 0.1) is 12.2 Å². The standard InChI is InChI=1S/C16H19FN4O/c1-12-10-16(22)19-15(18-12)11-20-6-8-21(9-7-20)14-5-3-2-4-13(14)17/h2-5,10H,6-9,11H2,1H3,(H,18,19,22). The number of halogens is 1. The minimum absolute atomic E-state index is 0.118. The van der Waals surface area contributed by atoms with Gasteiger partial charge in [0, 0.05) is 37.9 Å². The quantitative estimate of drug-likeness (QED) is 0.934. The second-order valence-corrected chi connectivity index (χ2v) is 5.55. The molecule has 22 heavy (non-hydrogen) atoms. The van der Waals surface area contributed by atoms with Crippen molar-refractivity contribution in [3.05, 3.63) is 58.0 Å². The Balaban J connectivity index is 1.62. The van der Waals surface area contributed by atoms with E-state index in [9.17, 15) is 9.18 Å². The molecular weight excluding hydrogens is 283 g/mol. The lowest BCUT2D eigenvalue weighted by molar-refractivity contribution is 0.243. The van der Waals surface area contributed by atoms with Crippen LogP contribution in [-0.2, 0) is 6.54 Å². The van der Waals surface area contributed by atoms with Crippen molar-refractivity contribution in [2.24, 2.45) is 0 Å². The summed E-state index contributed by atoms with van der Waals surface area (Å²) in [5.74, 6) is 0.505. The van der Waals surface area contributed by atoms with E-state index in [0.29, 0.717) is 18.1 Å². The van der Waals surface area contributed by atoms with E-state index >= 15 is 0 Å². The van der Waals surface area contributed by atoms with Crippen LogP contribution in [0.15, 0.2) is 35.1 Å². The summed E-state index contributed by atoms with van der Waals surface area (Å²) in [6, 6.07) is 8.34. The number of benzene rings is 1. The molecule has 0 bridgehead atoms. The van der Waals surface area contributed by atoms with Gasteiger partial charge in [-0.3, -0.25) is 9.69 Å². The average molecular weight is 302 g/mol. The summed E-state index contributed by atoms with van der Waals surface area (Å²) in [7, 11) is 0. The molecule has 116 valence electrons. The van der Waals surface area contributed by atoms with Crippen LogP contribution in [0.1, 0.15) is 11.5 Å². The third-order valence-electron chi connectivity index (χ3n) is 3.86. The van der Waals surface area contributed by atoms with E-state index in [-0.39, 0.29) is 11.4 Å². The van der Waals surface area contributed by atoms with Crippen molar-refractivity contribution in [1.29, 1.82) is 0 Å². The van der Waals surface area contributed by atoms with Crippen molar-refractivity contribution in [2.45, 2.75) is 13.5 Å². The van der Waals surface area contributed by atoms with Crippen molar-refractivity contribution in [2.75, 3.05) is 31.1 Å². The molecule has 0 saturated carbocycles. The minimum atomic E-state index is -0.180. The van der Waals surface area contributed by atoms with Gasteiger partial charge in [0.2, 0.25) is 0 Å². The van der Waals surface area contributed by atoms with Gasteiger partial charge in [0.1, 0.15) is 11.6 Å². The fraction of sp³-hybridized carbons (Fsp3) is 0.375. The number of aromatic nitrogens is 2. The maximum atomic E-state index is 13.8. The molecule has 0 spiro atoms. The molecule has 1 aromatic carbocycles. The van der Waals surface area contributed by atoms with E-state index in [0.717, 1.165) is 31.9 Å². The summed E-state index contributed by atoms with van der Waals surface area (Å²) in [5.41, 5.74) is 1.26. The molecule has 1 aliphatic rings. The van der Waals surface area contributed by atoms with Crippen LogP contribution < -0.4 is 10.5 Å². The van der Waals surface area contributed by atoms with Gasteiger partial charge in [-0.15, -0.1) is 0 Å². The highest BCUT2D eigenvalue weighted by molar-refractivity contribution is 5.47. The van der Waals surface area contributed by atoms with Crippen LogP contribution in [0.4, 0.5) is 10.1 Å². The summed E-state index contributed by atoms with van der Waals surface area (Å²) in [6.07, 6.45) is 0. The molecule has 0 unspecified atom stereocenters. The zero-order valence-corrected chi connectivity index (χ0v) is 12.6. The lowest BCUT2D eigenvalue weighted by Crippen LogP contribution is -2.46. The Bertz CT molecular complexity index is 707. The highest BCUT2D eigenvalue weighted by atomic mass is 19.1. The molecule has 6 heteroatoms. The number of rotatable bonds is 3. The molecule has 3 rings (SSSR count). The molecule has 0 radical (unpaired) electrons. The van der Waals surface area contributed by atoms with Crippen LogP contribution in [0.3, 0.4) is 0 Å². The zero-order chi connectivity index (χ0) is 15.5. The van der Waals surface area contributed by atoms with Gasteiger partial charge in [-0.2, -0.15) is 0 Å². The zero-order valence-electron chi connectivity index (χ0n) is 12.6. The van der Waals surface area contributed by atoms with Gasteiger partial charge in [-0.25, -0.2) is 9.37 Å². The van der Waals surface area contributed by atoms with Gasteiger partial charge in [0.15, 0.2) is 0 Å². The van der Waals surface area contributed by atoms with Gasteiger partial charge in [-0.1, -0.05) is 12.1 Å². The van der Waals surface area contributed by atoms with Crippen molar-refractivity contribution < 1.29 is 4.39 Å². The van der Waals surface area contributed by atoms with Gasteiger partial charge in [0.25, 0.3) is 5.56 Å². The van der Waals surface area contributed by atoms with Crippen LogP contribution in [0.25, 0.3) is 0 Å². The summed E-state index contributed by atoms with van der Waals surface area (Å²) in [6.45, 7) is 5.57. The van der Waals surface area contributed by atoms with Crippen LogP contribution in [0.5, 0.6) is 0 Å². The molecule has 0 amide bonds. The Kier molecular flexibility index (Phi) is 4.20. The molecule has 1 aliphatic heterocycles. The Morgan fingerprint density at radius 2 is 1.95 bits per heavy atom. The molecular formula is C16H19FN4O. The lowest BCUT2D eigenvalue weighted by atomic mass is 10.2. The maximum Gasteiger partial charge on any atom is 0.251 e. The van der Waals surface area contributed by atoms with E-state index < -0.39 is 0 Å². The van der Waals surface area contributed by atoms with Crippen molar-refractivity contribution >= 4 is 5.69 Å². The van der Waals surface area contributed by atoms with Gasteiger partial charge >= 0.3 is 0 Å². The number of nitrogens with zero attached hydrogens (tertiary/aromatic N) is 3. The fourth-order valence-electron chi connectivity index (χ4n) is 2.78. The SMILES string of the molecule is Cc1cc(=O)[nH]c(CN2CCN(c3ccccc3F)CC2)n1. The first kappa shape index (κ1) is 14.7. The summed E-state index contributed by atoms with van der Waals surface area (Å²) in [5, 5.41) is 0. The maximum absolute atomic E-state index is 13.8. The second-order valence-electron chi connectivity index (χ2n) is 5.55. The number of nitrogens with one attached hydrogen (secondary N) is 1. The highest BCUT2D eigenvalue weighted by Crippen LogP contribution is 2.20. The molecule has 1 aromatic heterocycles. The Hall–Kier alpha value is -2.21. The average Bonchev–Trinajstić information content (AvgIpc) is 2.48. The van der Waals surface area contributed by atoms with Crippen molar-refractivity contribution in [3.8, 4) is 0 Å². The lowest BCUT2D eigenvalue weighted by Gasteiger charge is -2.35. The van der Waals surface area contributed by atoms with Gasteiger partial charge < -0.3 is 9.88 Å². The van der Waals surface area contributed by atoms with E-state index in [1.54, 1.807) is 6.07 Å². The van der Waals surface area contributed by atoms with Gasteiger partial charge in [-0.05, 0) is 19.1 Å². The second kappa shape index (κ2) is 6.27. The molecule has 1 fully saturated rings. The van der Waals surface area contributed by atoms with E-state index in [1.165, 1.54) is 12.1 Å². The summed E-state index contributed by atoms with van der Waals surface area (Å²) < 4.78 is 13.8. The van der Waals surface area contributed by atoms with Crippen LogP contribution in [0, 0.1) is 12.7 Å². The first-order chi connectivity index (χ1) is 10.6. The molecule has 0 atom stereocenters. The monoisotopic (exact) mass is 302 g/mol. The predicted molar refractivity (Wildman–Crippen MR) is 83.5 cm³/mol. The van der Waals surface area contributed by atoms with Crippen LogP contribution >= 0.6 is 0 Å². The molecule has 5 nitrogen and oxygen atoms in total. The first-order valence-corrected chi connectivity index (χ1v) is 7.40. The third-order valence-corrected chi connectivity index (χ3v) is 3.86. The van der Waals surface area contributed by atoms with Crippen LogP contribution in [-0.4, -0.2) is 41.0 Å². The predicted octanol–water partition coefficient (Wildman–Crippen LogP) is 1.54. The largest absolute Gasteiger partial charge is 0.367 e. The summed E-state index contributed by atoms with van der Waals surface area (Å²) in [4.78, 5) is 22.8. The van der Waals surface area contributed by atoms with Crippen LogP contribution in [0.2, 0.25) is 0 Å². The number of hydrogen-bond acceptors (Lipinski definition) is 4. The molecule has 2 heterocycles. The first-order valence-electron chi connectivity index (χ1n) is 7.40. The number of aromatic amines is 1. The number of hydrogen-bond donors (Lipinski definition) is 1. The van der Waals surface area contributed by atoms with Crippen molar-refractivity contribution in [3.63, 3.8) is 0 Å². The normalized spacial score (nSPS) is 16.0. The minimum Gasteiger partial charge on any atom is -0.367 e. The molecule has 0 aliphatic carbocycles. The fourth-order valence-corrected chi connectivity index (χ4v) is 2.78. The Labute approximate surface area is 128 Å². The number of anilines is 1. The molecule has 2 aromatic rings. The summed E-state index contributed by atoms with van der Waals surface area (Å²) >= 11 is 0. The topological polar surface area (TPSA) is 52.2 Å². The number of para-hydroxylation sites is 1. The third kappa shape index (κ3) is 3.33. The number of piperazine rings is 1. The molecule has 1 N–H and O–H groups in total. The number of aryl methyl sites for hydroxylation is 1. The number of H-pyrrole nitrogens is 1. The van der Waals surface area contributed by atoms with E-state index in [1.807, 2.05) is 19.1 Å².